The van der Waals surface area contributed by atoms with Gasteiger partial charge in [-0.2, -0.15) is 0 Å². The van der Waals surface area contributed by atoms with Crippen LogP contribution in [0.4, 0.5) is 0 Å². The largest absolute Gasteiger partial charge is 0.481 e. The number of hydrogen-bond donors (Lipinski definition) is 2. The van der Waals surface area contributed by atoms with Crippen LogP contribution in [0.5, 0.6) is 0 Å². The minimum Gasteiger partial charge on any atom is -0.481 e. The summed E-state index contributed by atoms with van der Waals surface area (Å²) in [6.07, 6.45) is -1.47. The number of aliphatic hydroxyl groups excluding tert-OH is 1. The number of rotatable bonds is 3. The highest BCUT2D eigenvalue weighted by atomic mass is 35.5. The summed E-state index contributed by atoms with van der Waals surface area (Å²) in [6, 6.07) is 4.52. The van der Waals surface area contributed by atoms with Crippen LogP contribution in [0.25, 0.3) is 0 Å². The summed E-state index contributed by atoms with van der Waals surface area (Å²) in [5.74, 6) is -1.08. The van der Waals surface area contributed by atoms with Crippen molar-refractivity contribution in [2.45, 2.75) is 12.5 Å². The number of halogens is 2. The Morgan fingerprint density at radius 1 is 1.43 bits per heavy atom. The molecule has 0 heterocycles. The monoisotopic (exact) mass is 234 g/mol. The molecule has 0 aliphatic carbocycles. The molecule has 0 radical (unpaired) electrons. The molecule has 1 rings (SSSR count). The Hall–Kier alpha value is -0.770. The summed E-state index contributed by atoms with van der Waals surface area (Å²) in [4.78, 5) is 10.3. The molecule has 0 saturated heterocycles. The standard InChI is InChI=1S/C9H8Cl2O3/c10-5-1-2-6(7(11)3-5)8(12)4-9(13)14/h1-3,8,12H,4H2,(H,13,14). The first-order valence-corrected chi connectivity index (χ1v) is 4.61. The molecule has 0 saturated carbocycles. The lowest BCUT2D eigenvalue weighted by molar-refractivity contribution is -0.139. The van der Waals surface area contributed by atoms with Gasteiger partial charge in [0.15, 0.2) is 0 Å². The topological polar surface area (TPSA) is 57.5 Å². The number of carboxylic acids is 1. The molecule has 0 aliphatic rings. The number of carboxylic acid groups (broad SMARTS) is 1. The minimum absolute atomic E-state index is 0.270. The van der Waals surface area contributed by atoms with Crippen LogP contribution < -0.4 is 0 Å². The third kappa shape index (κ3) is 2.87. The lowest BCUT2D eigenvalue weighted by Gasteiger charge is -2.10. The SMILES string of the molecule is O=C(O)CC(O)c1ccc(Cl)cc1Cl. The van der Waals surface area contributed by atoms with Crippen LogP contribution in [0.3, 0.4) is 0 Å². The zero-order chi connectivity index (χ0) is 10.7. The predicted molar refractivity (Wildman–Crippen MR) is 53.7 cm³/mol. The van der Waals surface area contributed by atoms with E-state index in [1.165, 1.54) is 12.1 Å². The second-order valence-electron chi connectivity index (χ2n) is 2.78. The molecular formula is C9H8Cl2O3. The van der Waals surface area contributed by atoms with Crippen molar-refractivity contribution in [3.05, 3.63) is 33.8 Å². The van der Waals surface area contributed by atoms with E-state index in [9.17, 15) is 9.90 Å². The van der Waals surface area contributed by atoms with E-state index < -0.39 is 12.1 Å². The molecule has 1 unspecified atom stereocenters. The summed E-state index contributed by atoms with van der Waals surface area (Å²) < 4.78 is 0. The van der Waals surface area contributed by atoms with E-state index in [0.717, 1.165) is 0 Å². The number of aliphatic hydroxyl groups is 1. The molecule has 0 aliphatic heterocycles. The van der Waals surface area contributed by atoms with Gasteiger partial charge in [0.1, 0.15) is 0 Å². The number of aliphatic carboxylic acids is 1. The Morgan fingerprint density at radius 2 is 2.07 bits per heavy atom. The molecule has 1 aromatic rings. The first-order valence-electron chi connectivity index (χ1n) is 3.85. The molecule has 0 amide bonds. The summed E-state index contributed by atoms with van der Waals surface area (Å²) >= 11 is 11.4. The molecule has 1 atom stereocenters. The van der Waals surface area contributed by atoms with Gasteiger partial charge < -0.3 is 10.2 Å². The van der Waals surface area contributed by atoms with Crippen LogP contribution >= 0.6 is 23.2 Å². The maximum atomic E-state index is 10.3. The lowest BCUT2D eigenvalue weighted by atomic mass is 10.1. The van der Waals surface area contributed by atoms with Gasteiger partial charge in [0.2, 0.25) is 0 Å². The van der Waals surface area contributed by atoms with Gasteiger partial charge in [-0.25, -0.2) is 0 Å². The Bertz CT molecular complexity index is 352. The van der Waals surface area contributed by atoms with Gasteiger partial charge in [-0.1, -0.05) is 29.3 Å². The number of hydrogen-bond acceptors (Lipinski definition) is 2. The van der Waals surface area contributed by atoms with E-state index in [1.807, 2.05) is 0 Å². The van der Waals surface area contributed by atoms with Crippen molar-refractivity contribution in [2.75, 3.05) is 0 Å². The number of benzene rings is 1. The fourth-order valence-electron chi connectivity index (χ4n) is 1.05. The molecule has 1 aromatic carbocycles. The molecule has 0 aromatic heterocycles. The average molecular weight is 235 g/mol. The smallest absolute Gasteiger partial charge is 0.306 e. The summed E-state index contributed by atoms with van der Waals surface area (Å²) in [6.45, 7) is 0. The zero-order valence-electron chi connectivity index (χ0n) is 7.08. The van der Waals surface area contributed by atoms with E-state index >= 15 is 0 Å². The van der Waals surface area contributed by atoms with Crippen molar-refractivity contribution in [3.8, 4) is 0 Å². The van der Waals surface area contributed by atoms with Gasteiger partial charge in [0.05, 0.1) is 12.5 Å². The summed E-state index contributed by atoms with van der Waals surface area (Å²) in [7, 11) is 0. The van der Waals surface area contributed by atoms with Crippen LogP contribution in [-0.4, -0.2) is 16.2 Å². The van der Waals surface area contributed by atoms with Gasteiger partial charge in [0, 0.05) is 10.0 Å². The average Bonchev–Trinajstić information content (AvgIpc) is 2.01. The molecule has 0 spiro atoms. The fraction of sp³-hybridized carbons (Fsp3) is 0.222. The second-order valence-corrected chi connectivity index (χ2v) is 3.62. The third-order valence-electron chi connectivity index (χ3n) is 1.69. The van der Waals surface area contributed by atoms with Crippen LogP contribution in [0.15, 0.2) is 18.2 Å². The zero-order valence-corrected chi connectivity index (χ0v) is 8.59. The van der Waals surface area contributed by atoms with Gasteiger partial charge in [0.25, 0.3) is 0 Å². The van der Waals surface area contributed by atoms with E-state index in [-0.39, 0.29) is 11.4 Å². The number of carbonyl (C=O) groups is 1. The molecule has 5 heteroatoms. The van der Waals surface area contributed by atoms with Gasteiger partial charge in [-0.3, -0.25) is 4.79 Å². The van der Waals surface area contributed by atoms with Crippen LogP contribution in [0.2, 0.25) is 10.0 Å². The summed E-state index contributed by atoms with van der Waals surface area (Å²) in [5, 5.41) is 18.6. The first kappa shape index (κ1) is 11.3. The fourth-order valence-corrected chi connectivity index (χ4v) is 1.58. The summed E-state index contributed by atoms with van der Waals surface area (Å²) in [5.41, 5.74) is 0.374. The molecular weight excluding hydrogens is 227 g/mol. The predicted octanol–water partition coefficient (Wildman–Crippen LogP) is 2.50. The highest BCUT2D eigenvalue weighted by molar-refractivity contribution is 6.35. The quantitative estimate of drug-likeness (QED) is 0.846. The van der Waals surface area contributed by atoms with Gasteiger partial charge in [-0.05, 0) is 17.7 Å². The Balaban J connectivity index is 2.90. The lowest BCUT2D eigenvalue weighted by Crippen LogP contribution is -2.05. The second kappa shape index (κ2) is 4.64. The first-order chi connectivity index (χ1) is 6.50. The van der Waals surface area contributed by atoms with Gasteiger partial charge in [-0.15, -0.1) is 0 Å². The highest BCUT2D eigenvalue weighted by Crippen LogP contribution is 2.27. The van der Waals surface area contributed by atoms with Crippen LogP contribution in [0, 0.1) is 0 Å². The van der Waals surface area contributed by atoms with Crippen molar-refractivity contribution < 1.29 is 15.0 Å². The molecule has 2 N–H and O–H groups in total. The van der Waals surface area contributed by atoms with Crippen molar-refractivity contribution in [1.82, 2.24) is 0 Å². The molecule has 3 nitrogen and oxygen atoms in total. The van der Waals surface area contributed by atoms with E-state index in [4.69, 9.17) is 28.3 Å². The van der Waals surface area contributed by atoms with E-state index in [2.05, 4.69) is 0 Å². The Kier molecular flexibility index (Phi) is 3.75. The maximum Gasteiger partial charge on any atom is 0.306 e. The maximum absolute atomic E-state index is 10.3. The van der Waals surface area contributed by atoms with E-state index in [0.29, 0.717) is 10.6 Å². The molecule has 14 heavy (non-hydrogen) atoms. The van der Waals surface area contributed by atoms with Crippen LogP contribution in [0.1, 0.15) is 18.1 Å². The highest BCUT2D eigenvalue weighted by Gasteiger charge is 2.15. The molecule has 76 valence electrons. The Morgan fingerprint density at radius 3 is 2.57 bits per heavy atom. The normalized spacial score (nSPS) is 12.5. The third-order valence-corrected chi connectivity index (χ3v) is 2.25. The van der Waals surface area contributed by atoms with Crippen molar-refractivity contribution >= 4 is 29.2 Å². The molecule has 0 bridgehead atoms. The van der Waals surface area contributed by atoms with Crippen molar-refractivity contribution in [1.29, 1.82) is 0 Å². The van der Waals surface area contributed by atoms with Gasteiger partial charge >= 0.3 is 5.97 Å². The Labute approximate surface area is 90.9 Å². The minimum atomic E-state index is -1.10. The molecule has 0 fully saturated rings. The van der Waals surface area contributed by atoms with Crippen molar-refractivity contribution in [3.63, 3.8) is 0 Å². The van der Waals surface area contributed by atoms with Crippen molar-refractivity contribution in [2.24, 2.45) is 0 Å². The van der Waals surface area contributed by atoms with Crippen LogP contribution in [-0.2, 0) is 4.79 Å². The van der Waals surface area contributed by atoms with E-state index in [1.54, 1.807) is 6.07 Å².